The van der Waals surface area contributed by atoms with E-state index in [0.29, 0.717) is 17.1 Å². The van der Waals surface area contributed by atoms with Crippen molar-refractivity contribution in [3.63, 3.8) is 0 Å². The molecule has 7 nitrogen and oxygen atoms in total. The Kier molecular flexibility index (Phi) is 10.4. The topological polar surface area (TPSA) is 86.8 Å². The zero-order valence-corrected chi connectivity index (χ0v) is 25.5. The molecular formula is C31H38ClN3O4S. The van der Waals surface area contributed by atoms with Crippen LogP contribution in [0.1, 0.15) is 49.4 Å². The largest absolute Gasteiger partial charge is 0.352 e. The van der Waals surface area contributed by atoms with Gasteiger partial charge in [-0.15, -0.1) is 0 Å². The standard InChI is InChI=1S/C31H38ClN3O4S/c1-7-29(31(37)33-21(2)3)34(19-25-10-8-9-22(4)17-25)30(36)20-35(27-14-11-23(5)24(6)18-27)40(38,39)28-15-12-26(32)13-16-28/h8-18,21,29H,7,19-20H2,1-6H3,(H,33,37)/t29-/m0/s1. The molecule has 0 saturated carbocycles. The molecule has 0 saturated heterocycles. The number of nitrogens with zero attached hydrogens (tertiary/aromatic N) is 2. The first-order chi connectivity index (χ1) is 18.8. The Morgan fingerprint density at radius 2 is 1.60 bits per heavy atom. The molecule has 1 N–H and O–H groups in total. The Balaban J connectivity index is 2.09. The number of carbonyl (C=O) groups is 2. The first kappa shape index (κ1) is 31.2. The normalized spacial score (nSPS) is 12.2. The molecule has 3 rings (SSSR count). The smallest absolute Gasteiger partial charge is 0.264 e. The summed E-state index contributed by atoms with van der Waals surface area (Å²) in [5, 5.41) is 3.31. The van der Waals surface area contributed by atoms with Gasteiger partial charge in [0.2, 0.25) is 11.8 Å². The fraction of sp³-hybridized carbons (Fsp3) is 0.355. The van der Waals surface area contributed by atoms with Gasteiger partial charge >= 0.3 is 0 Å². The number of halogens is 1. The van der Waals surface area contributed by atoms with Crippen molar-refractivity contribution in [3.8, 4) is 0 Å². The molecular weight excluding hydrogens is 546 g/mol. The van der Waals surface area contributed by atoms with E-state index < -0.39 is 28.5 Å². The van der Waals surface area contributed by atoms with Crippen molar-refractivity contribution in [2.75, 3.05) is 10.8 Å². The molecule has 1 atom stereocenters. The third-order valence-electron chi connectivity index (χ3n) is 6.71. The van der Waals surface area contributed by atoms with Crippen LogP contribution in [0.4, 0.5) is 5.69 Å². The van der Waals surface area contributed by atoms with Crippen molar-refractivity contribution in [1.29, 1.82) is 0 Å². The maximum absolute atomic E-state index is 14.1. The molecule has 0 unspecified atom stereocenters. The van der Waals surface area contributed by atoms with Gasteiger partial charge in [0.15, 0.2) is 0 Å². The lowest BCUT2D eigenvalue weighted by molar-refractivity contribution is -0.140. The van der Waals surface area contributed by atoms with Crippen LogP contribution < -0.4 is 9.62 Å². The summed E-state index contributed by atoms with van der Waals surface area (Å²) in [7, 11) is -4.15. The molecule has 9 heteroatoms. The van der Waals surface area contributed by atoms with Gasteiger partial charge in [-0.05, 0) is 94.1 Å². The summed E-state index contributed by atoms with van der Waals surface area (Å²) < 4.78 is 29.0. The van der Waals surface area contributed by atoms with Crippen LogP contribution in [0, 0.1) is 20.8 Å². The summed E-state index contributed by atoms with van der Waals surface area (Å²) in [6.45, 7) is 11.0. The number of carbonyl (C=O) groups excluding carboxylic acids is 2. The van der Waals surface area contributed by atoms with Gasteiger partial charge < -0.3 is 10.2 Å². The van der Waals surface area contributed by atoms with E-state index >= 15 is 0 Å². The number of anilines is 1. The first-order valence-corrected chi connectivity index (χ1v) is 15.2. The zero-order chi connectivity index (χ0) is 29.6. The van der Waals surface area contributed by atoms with E-state index in [9.17, 15) is 18.0 Å². The molecule has 3 aromatic carbocycles. The number of nitrogens with one attached hydrogen (secondary N) is 1. The van der Waals surface area contributed by atoms with Crippen molar-refractivity contribution in [2.24, 2.45) is 0 Å². The Labute approximate surface area is 243 Å². The highest BCUT2D eigenvalue weighted by Crippen LogP contribution is 2.27. The van der Waals surface area contributed by atoms with Crippen LogP contribution in [0.15, 0.2) is 71.6 Å². The molecule has 0 bridgehead atoms. The number of aryl methyl sites for hydroxylation is 3. The van der Waals surface area contributed by atoms with Gasteiger partial charge in [0.25, 0.3) is 10.0 Å². The quantitative estimate of drug-likeness (QED) is 0.309. The van der Waals surface area contributed by atoms with Crippen LogP contribution in [-0.4, -0.2) is 43.8 Å². The molecule has 2 amide bonds. The van der Waals surface area contributed by atoms with Gasteiger partial charge in [0.05, 0.1) is 10.6 Å². The summed E-state index contributed by atoms with van der Waals surface area (Å²) in [6.07, 6.45) is 0.365. The average Bonchev–Trinajstić information content (AvgIpc) is 2.88. The second-order valence-corrected chi connectivity index (χ2v) is 12.6. The second-order valence-electron chi connectivity index (χ2n) is 10.3. The van der Waals surface area contributed by atoms with Gasteiger partial charge in [0, 0.05) is 17.6 Å². The lowest BCUT2D eigenvalue weighted by Crippen LogP contribution is -2.53. The van der Waals surface area contributed by atoms with Crippen LogP contribution in [0.25, 0.3) is 0 Å². The van der Waals surface area contributed by atoms with Crippen molar-refractivity contribution >= 4 is 39.1 Å². The van der Waals surface area contributed by atoms with E-state index in [2.05, 4.69) is 5.32 Å². The van der Waals surface area contributed by atoms with E-state index in [1.165, 1.54) is 29.2 Å². The zero-order valence-electron chi connectivity index (χ0n) is 23.9. The lowest BCUT2D eigenvalue weighted by atomic mass is 10.1. The summed E-state index contributed by atoms with van der Waals surface area (Å²) >= 11 is 6.02. The number of benzene rings is 3. The summed E-state index contributed by atoms with van der Waals surface area (Å²) in [5.41, 5.74) is 4.12. The van der Waals surface area contributed by atoms with Gasteiger partial charge in [-0.2, -0.15) is 0 Å². The molecule has 0 heterocycles. The summed E-state index contributed by atoms with van der Waals surface area (Å²) in [6, 6.07) is 17.9. The van der Waals surface area contributed by atoms with E-state index in [1.807, 2.05) is 71.9 Å². The molecule has 3 aromatic rings. The molecule has 214 valence electrons. The van der Waals surface area contributed by atoms with Crippen molar-refractivity contribution in [1.82, 2.24) is 10.2 Å². The number of hydrogen-bond donors (Lipinski definition) is 1. The first-order valence-electron chi connectivity index (χ1n) is 13.3. The number of hydrogen-bond acceptors (Lipinski definition) is 4. The third-order valence-corrected chi connectivity index (χ3v) is 8.75. The van der Waals surface area contributed by atoms with E-state index in [-0.39, 0.29) is 23.4 Å². The monoisotopic (exact) mass is 583 g/mol. The molecule has 0 fully saturated rings. The van der Waals surface area contributed by atoms with Gasteiger partial charge in [-0.25, -0.2) is 8.42 Å². The van der Waals surface area contributed by atoms with Crippen LogP contribution in [-0.2, 0) is 26.2 Å². The molecule has 0 aliphatic rings. The molecule has 40 heavy (non-hydrogen) atoms. The van der Waals surface area contributed by atoms with Crippen molar-refractivity contribution in [3.05, 3.63) is 94.0 Å². The maximum Gasteiger partial charge on any atom is 0.264 e. The van der Waals surface area contributed by atoms with Gasteiger partial charge in [-0.3, -0.25) is 13.9 Å². The van der Waals surface area contributed by atoms with E-state index in [4.69, 9.17) is 11.6 Å². The fourth-order valence-corrected chi connectivity index (χ4v) is 5.98. The minimum Gasteiger partial charge on any atom is -0.352 e. The van der Waals surface area contributed by atoms with Crippen molar-refractivity contribution in [2.45, 2.75) is 71.5 Å². The SMILES string of the molecule is CC[C@@H](C(=O)NC(C)C)N(Cc1cccc(C)c1)C(=O)CN(c1ccc(C)c(C)c1)S(=O)(=O)c1ccc(Cl)cc1. The maximum atomic E-state index is 14.1. The van der Waals surface area contributed by atoms with Crippen LogP contribution in [0.3, 0.4) is 0 Å². The predicted octanol–water partition coefficient (Wildman–Crippen LogP) is 5.79. The molecule has 0 aliphatic heterocycles. The highest BCUT2D eigenvalue weighted by atomic mass is 35.5. The number of rotatable bonds is 11. The highest BCUT2D eigenvalue weighted by Gasteiger charge is 2.34. The van der Waals surface area contributed by atoms with Gasteiger partial charge in [-0.1, -0.05) is 54.4 Å². The van der Waals surface area contributed by atoms with Gasteiger partial charge in [0.1, 0.15) is 12.6 Å². The molecule has 0 aromatic heterocycles. The predicted molar refractivity (Wildman–Crippen MR) is 161 cm³/mol. The fourth-order valence-electron chi connectivity index (χ4n) is 4.45. The Morgan fingerprint density at radius 3 is 2.17 bits per heavy atom. The Bertz CT molecular complexity index is 1460. The summed E-state index contributed by atoms with van der Waals surface area (Å²) in [4.78, 5) is 28.8. The Morgan fingerprint density at radius 1 is 0.925 bits per heavy atom. The van der Waals surface area contributed by atoms with E-state index in [1.54, 1.807) is 12.1 Å². The van der Waals surface area contributed by atoms with Crippen LogP contribution in [0.5, 0.6) is 0 Å². The minimum atomic E-state index is -4.15. The molecule has 0 radical (unpaired) electrons. The van der Waals surface area contributed by atoms with Crippen molar-refractivity contribution < 1.29 is 18.0 Å². The average molecular weight is 584 g/mol. The van der Waals surface area contributed by atoms with Crippen LogP contribution in [0.2, 0.25) is 5.02 Å². The van der Waals surface area contributed by atoms with E-state index in [0.717, 1.165) is 26.6 Å². The highest BCUT2D eigenvalue weighted by molar-refractivity contribution is 7.92. The molecule has 0 aliphatic carbocycles. The number of amides is 2. The Hall–Kier alpha value is -3.36. The summed E-state index contributed by atoms with van der Waals surface area (Å²) in [5.74, 6) is -0.764. The third kappa shape index (κ3) is 7.64. The second kappa shape index (κ2) is 13.3. The lowest BCUT2D eigenvalue weighted by Gasteiger charge is -2.33. The van der Waals surface area contributed by atoms with Crippen LogP contribution >= 0.6 is 11.6 Å². The number of sulfonamides is 1. The molecule has 0 spiro atoms. The minimum absolute atomic E-state index is 0.0118.